The smallest absolute Gasteiger partial charge is 0.413 e. The minimum atomic E-state index is -0.883. The number of thioether (sulfide) groups is 1. The van der Waals surface area contributed by atoms with Gasteiger partial charge in [0.2, 0.25) is 0 Å². The molecule has 0 unspecified atom stereocenters. The molecule has 1 N–H and O–H groups in total. The number of amides is 2. The molecule has 0 fully saturated rings. The fraction of sp³-hybridized carbons (Fsp3) is 0.238. The van der Waals surface area contributed by atoms with Crippen molar-refractivity contribution < 1.29 is 23.9 Å². The molecule has 3 aromatic rings. The second kappa shape index (κ2) is 10.8. The molecule has 0 saturated heterocycles. The average molecular weight is 462 g/mol. The minimum Gasteiger partial charge on any atom is -0.455 e. The van der Waals surface area contributed by atoms with Crippen LogP contribution >= 0.6 is 23.4 Å². The summed E-state index contributed by atoms with van der Waals surface area (Å²) in [5.74, 6) is -1.43. The van der Waals surface area contributed by atoms with E-state index in [-0.39, 0.29) is 12.4 Å². The third kappa shape index (κ3) is 6.47. The molecular weight excluding hydrogens is 442 g/mol. The van der Waals surface area contributed by atoms with E-state index in [9.17, 15) is 14.4 Å². The van der Waals surface area contributed by atoms with Gasteiger partial charge in [-0.2, -0.15) is 0 Å². The van der Waals surface area contributed by atoms with Crippen molar-refractivity contribution in [3.05, 3.63) is 59.1 Å². The molecule has 2 amide bonds. The van der Waals surface area contributed by atoms with Crippen molar-refractivity contribution in [1.29, 1.82) is 0 Å². The Labute approximate surface area is 187 Å². The number of aromatic nitrogens is 2. The Hall–Kier alpha value is -3.04. The van der Waals surface area contributed by atoms with Crippen molar-refractivity contribution in [3.8, 4) is 0 Å². The highest BCUT2D eigenvalue weighted by molar-refractivity contribution is 7.99. The molecule has 31 heavy (non-hydrogen) atoms. The first-order valence-corrected chi connectivity index (χ1v) is 10.8. The molecule has 0 saturated carbocycles. The maximum Gasteiger partial charge on any atom is 0.413 e. The number of imide groups is 1. The van der Waals surface area contributed by atoms with Gasteiger partial charge < -0.3 is 14.0 Å². The highest BCUT2D eigenvalue weighted by Crippen LogP contribution is 2.27. The molecular formula is C21H20ClN3O5S. The number of imidazole rings is 1. The maximum absolute atomic E-state index is 12.1. The SMILES string of the molecule is CCOC(=O)NC(=O)COC(=O)CSc1nc2cc(Cl)ccc2n1Cc1ccccc1. The summed E-state index contributed by atoms with van der Waals surface area (Å²) in [5, 5.41) is 3.15. The second-order valence-corrected chi connectivity index (χ2v) is 7.70. The molecule has 10 heteroatoms. The van der Waals surface area contributed by atoms with Crippen LogP contribution in [0.3, 0.4) is 0 Å². The van der Waals surface area contributed by atoms with E-state index in [1.807, 2.05) is 46.3 Å². The third-order valence-corrected chi connectivity index (χ3v) is 5.24. The lowest BCUT2D eigenvalue weighted by Gasteiger charge is -2.09. The number of rotatable bonds is 8. The van der Waals surface area contributed by atoms with Crippen LogP contribution in [0.15, 0.2) is 53.7 Å². The number of carbonyl (C=O) groups excluding carboxylic acids is 3. The van der Waals surface area contributed by atoms with Crippen molar-refractivity contribution in [2.45, 2.75) is 18.6 Å². The molecule has 0 bridgehead atoms. The van der Waals surface area contributed by atoms with E-state index in [2.05, 4.69) is 9.72 Å². The Bertz CT molecular complexity index is 1090. The first-order chi connectivity index (χ1) is 15.0. The number of hydrogen-bond acceptors (Lipinski definition) is 7. The zero-order chi connectivity index (χ0) is 22.2. The summed E-state index contributed by atoms with van der Waals surface area (Å²) < 4.78 is 11.5. The summed E-state index contributed by atoms with van der Waals surface area (Å²) in [4.78, 5) is 39.4. The van der Waals surface area contributed by atoms with Crippen LogP contribution in [-0.2, 0) is 25.6 Å². The molecule has 0 aliphatic carbocycles. The molecule has 1 heterocycles. The second-order valence-electron chi connectivity index (χ2n) is 6.32. The van der Waals surface area contributed by atoms with E-state index in [1.54, 1.807) is 19.1 Å². The number of ether oxygens (including phenoxy) is 2. The topological polar surface area (TPSA) is 99.5 Å². The molecule has 3 rings (SSSR count). The number of fused-ring (bicyclic) bond motifs is 1. The van der Waals surface area contributed by atoms with Gasteiger partial charge in [0.15, 0.2) is 11.8 Å². The standard InChI is InChI=1S/C21H20ClN3O5S/c1-2-29-21(28)24-18(26)12-30-19(27)13-31-20-23-16-10-15(22)8-9-17(16)25(20)11-14-6-4-3-5-7-14/h3-10H,2,11-13H2,1H3,(H,24,26,28). The van der Waals surface area contributed by atoms with Crippen LogP contribution in [0.4, 0.5) is 4.79 Å². The summed E-state index contributed by atoms with van der Waals surface area (Å²) in [7, 11) is 0. The summed E-state index contributed by atoms with van der Waals surface area (Å²) >= 11 is 7.28. The average Bonchev–Trinajstić information content (AvgIpc) is 3.08. The maximum atomic E-state index is 12.1. The number of benzene rings is 2. The van der Waals surface area contributed by atoms with Crippen LogP contribution in [-0.4, -0.2) is 46.5 Å². The van der Waals surface area contributed by atoms with Crippen LogP contribution in [0.2, 0.25) is 5.02 Å². The minimum absolute atomic E-state index is 0.0570. The van der Waals surface area contributed by atoms with Gasteiger partial charge in [0, 0.05) is 5.02 Å². The van der Waals surface area contributed by atoms with Gasteiger partial charge in [-0.1, -0.05) is 53.7 Å². The van der Waals surface area contributed by atoms with E-state index >= 15 is 0 Å². The van der Waals surface area contributed by atoms with Gasteiger partial charge in [-0.15, -0.1) is 0 Å². The van der Waals surface area contributed by atoms with E-state index in [0.717, 1.165) is 11.1 Å². The predicted octanol–water partition coefficient (Wildman–Crippen LogP) is 3.65. The molecule has 162 valence electrons. The van der Waals surface area contributed by atoms with Gasteiger partial charge in [0.1, 0.15) is 0 Å². The Kier molecular flexibility index (Phi) is 7.91. The van der Waals surface area contributed by atoms with Crippen LogP contribution < -0.4 is 5.32 Å². The molecule has 1 aromatic heterocycles. The highest BCUT2D eigenvalue weighted by atomic mass is 35.5. The van der Waals surface area contributed by atoms with Gasteiger partial charge in [0.05, 0.1) is 29.9 Å². The molecule has 0 atom stereocenters. The van der Waals surface area contributed by atoms with Crippen molar-refractivity contribution >= 4 is 52.4 Å². The summed E-state index contributed by atoms with van der Waals surface area (Å²) in [6.07, 6.45) is -0.883. The van der Waals surface area contributed by atoms with Crippen molar-refractivity contribution in [3.63, 3.8) is 0 Å². The van der Waals surface area contributed by atoms with Crippen LogP contribution in [0.5, 0.6) is 0 Å². The number of carbonyl (C=O) groups is 3. The largest absolute Gasteiger partial charge is 0.455 e. The van der Waals surface area contributed by atoms with Crippen molar-refractivity contribution in [2.75, 3.05) is 19.0 Å². The predicted molar refractivity (Wildman–Crippen MR) is 117 cm³/mol. The number of esters is 1. The van der Waals surface area contributed by atoms with Crippen LogP contribution in [0.25, 0.3) is 11.0 Å². The Morgan fingerprint density at radius 1 is 1.13 bits per heavy atom. The van der Waals surface area contributed by atoms with Gasteiger partial charge in [0.25, 0.3) is 5.91 Å². The Morgan fingerprint density at radius 2 is 1.90 bits per heavy atom. The number of halogens is 1. The molecule has 0 spiro atoms. The van der Waals surface area contributed by atoms with Crippen LogP contribution in [0, 0.1) is 0 Å². The summed E-state index contributed by atoms with van der Waals surface area (Å²) in [6.45, 7) is 1.73. The lowest BCUT2D eigenvalue weighted by atomic mass is 10.2. The molecule has 0 aliphatic heterocycles. The first-order valence-electron chi connectivity index (χ1n) is 9.41. The van der Waals surface area contributed by atoms with E-state index in [0.29, 0.717) is 22.2 Å². The third-order valence-electron chi connectivity index (χ3n) is 4.06. The quantitative estimate of drug-likeness (QED) is 0.403. The lowest BCUT2D eigenvalue weighted by molar-refractivity contribution is -0.145. The highest BCUT2D eigenvalue weighted by Gasteiger charge is 2.16. The van der Waals surface area contributed by atoms with E-state index in [4.69, 9.17) is 16.3 Å². The first kappa shape index (κ1) is 22.6. The molecule has 0 aliphatic rings. The van der Waals surface area contributed by atoms with Crippen LogP contribution in [0.1, 0.15) is 12.5 Å². The number of alkyl carbamates (subject to hydrolysis) is 1. The fourth-order valence-corrected chi connectivity index (χ4v) is 3.72. The van der Waals surface area contributed by atoms with Gasteiger partial charge in [-0.05, 0) is 30.7 Å². The molecule has 0 radical (unpaired) electrons. The Morgan fingerprint density at radius 3 is 2.65 bits per heavy atom. The Balaban J connectivity index is 1.65. The zero-order valence-corrected chi connectivity index (χ0v) is 18.2. The number of nitrogens with zero attached hydrogens (tertiary/aromatic N) is 2. The lowest BCUT2D eigenvalue weighted by Crippen LogP contribution is -2.34. The molecule has 8 nitrogen and oxygen atoms in total. The number of hydrogen-bond donors (Lipinski definition) is 1. The van der Waals surface area contributed by atoms with Crippen molar-refractivity contribution in [2.24, 2.45) is 0 Å². The fourth-order valence-electron chi connectivity index (χ4n) is 2.74. The van der Waals surface area contributed by atoms with Gasteiger partial charge >= 0.3 is 12.1 Å². The van der Waals surface area contributed by atoms with E-state index in [1.165, 1.54) is 11.8 Å². The summed E-state index contributed by atoms with van der Waals surface area (Å²) in [6, 6.07) is 15.3. The monoisotopic (exact) mass is 461 g/mol. The normalized spacial score (nSPS) is 10.6. The van der Waals surface area contributed by atoms with E-state index < -0.39 is 24.6 Å². The molecule has 2 aromatic carbocycles. The van der Waals surface area contributed by atoms with Gasteiger partial charge in [-0.25, -0.2) is 9.78 Å². The zero-order valence-electron chi connectivity index (χ0n) is 16.7. The van der Waals surface area contributed by atoms with Crippen molar-refractivity contribution in [1.82, 2.24) is 14.9 Å². The van der Waals surface area contributed by atoms with Gasteiger partial charge in [-0.3, -0.25) is 14.9 Å². The summed E-state index contributed by atoms with van der Waals surface area (Å²) in [5.41, 5.74) is 2.68. The number of nitrogens with one attached hydrogen (secondary N) is 1.